The molecular formula is C31H40N4O3. The largest absolute Gasteiger partial charge is 0.378 e. The molecule has 3 aromatic rings. The SMILES string of the molecule is CC(C)CN(C(=O)c1cc2ccccc2n1CCc1ccccc1)[C@@H]1CNC[C@H](C(=O)N2CCOCC2)C1. The van der Waals surface area contributed by atoms with Crippen molar-refractivity contribution in [2.24, 2.45) is 11.8 Å². The Balaban J connectivity index is 1.41. The number of fused-ring (bicyclic) bond motifs is 1. The fourth-order valence-electron chi connectivity index (χ4n) is 5.84. The summed E-state index contributed by atoms with van der Waals surface area (Å²) in [4.78, 5) is 31.6. The number of morpholine rings is 1. The van der Waals surface area contributed by atoms with Gasteiger partial charge in [0.05, 0.1) is 19.1 Å². The lowest BCUT2D eigenvalue weighted by atomic mass is 9.92. The third-order valence-electron chi connectivity index (χ3n) is 7.76. The molecule has 0 aliphatic carbocycles. The summed E-state index contributed by atoms with van der Waals surface area (Å²) in [5, 5.41) is 4.55. The number of benzene rings is 2. The Hall–Kier alpha value is -3.16. The summed E-state index contributed by atoms with van der Waals surface area (Å²) in [6, 6.07) is 20.7. The lowest BCUT2D eigenvalue weighted by Gasteiger charge is -2.40. The van der Waals surface area contributed by atoms with Gasteiger partial charge in [0, 0.05) is 56.2 Å². The van der Waals surface area contributed by atoms with Gasteiger partial charge >= 0.3 is 0 Å². The standard InChI is InChI=1S/C31H40N4O3/c1-23(2)22-35(27-18-26(20-32-21-27)30(36)33-14-16-38-17-15-33)31(37)29-19-25-10-6-7-11-28(25)34(29)13-12-24-8-4-3-5-9-24/h3-11,19,23,26-27,32H,12-18,20-22H2,1-2H3/t26-,27+/m1/s1. The number of nitrogens with one attached hydrogen (secondary N) is 1. The van der Waals surface area contributed by atoms with Crippen molar-refractivity contribution in [1.29, 1.82) is 0 Å². The third-order valence-corrected chi connectivity index (χ3v) is 7.76. The highest BCUT2D eigenvalue weighted by Gasteiger charge is 2.36. The quantitative estimate of drug-likeness (QED) is 0.494. The van der Waals surface area contributed by atoms with E-state index in [4.69, 9.17) is 4.74 Å². The second kappa shape index (κ2) is 12.1. The normalized spacial score (nSPS) is 20.1. The number of para-hydroxylation sites is 1. The van der Waals surface area contributed by atoms with Crippen LogP contribution in [-0.2, 0) is 22.5 Å². The van der Waals surface area contributed by atoms with E-state index < -0.39 is 0 Å². The van der Waals surface area contributed by atoms with Crippen LogP contribution in [0.5, 0.6) is 0 Å². The molecule has 0 bridgehead atoms. The van der Waals surface area contributed by atoms with Crippen LogP contribution in [0.25, 0.3) is 10.9 Å². The summed E-state index contributed by atoms with van der Waals surface area (Å²) < 4.78 is 7.63. The number of aromatic nitrogens is 1. The van der Waals surface area contributed by atoms with E-state index in [1.807, 2.05) is 34.1 Å². The molecule has 38 heavy (non-hydrogen) atoms. The van der Waals surface area contributed by atoms with Crippen molar-refractivity contribution >= 4 is 22.7 Å². The summed E-state index contributed by atoms with van der Waals surface area (Å²) in [6.07, 6.45) is 1.54. The van der Waals surface area contributed by atoms with E-state index in [9.17, 15) is 9.59 Å². The second-order valence-corrected chi connectivity index (χ2v) is 11.0. The first-order valence-electron chi connectivity index (χ1n) is 14.0. The first-order chi connectivity index (χ1) is 18.5. The van der Waals surface area contributed by atoms with Crippen molar-refractivity contribution in [2.45, 2.75) is 39.3 Å². The van der Waals surface area contributed by atoms with Gasteiger partial charge < -0.3 is 24.4 Å². The average molecular weight is 517 g/mol. The minimum absolute atomic E-state index is 0.0331. The van der Waals surface area contributed by atoms with Gasteiger partial charge in [-0.3, -0.25) is 9.59 Å². The Morgan fingerprint density at radius 3 is 2.53 bits per heavy atom. The maximum absolute atomic E-state index is 14.3. The number of aryl methyl sites for hydroxylation is 2. The van der Waals surface area contributed by atoms with Crippen LogP contribution in [-0.4, -0.2) is 78.2 Å². The van der Waals surface area contributed by atoms with E-state index in [0.29, 0.717) is 58.3 Å². The van der Waals surface area contributed by atoms with Gasteiger partial charge in [0.15, 0.2) is 0 Å². The number of amides is 2. The summed E-state index contributed by atoms with van der Waals surface area (Å²) in [7, 11) is 0. The van der Waals surface area contributed by atoms with Crippen molar-refractivity contribution in [3.8, 4) is 0 Å². The number of carbonyl (C=O) groups is 2. The molecular weight excluding hydrogens is 476 g/mol. The van der Waals surface area contributed by atoms with Crippen molar-refractivity contribution in [3.63, 3.8) is 0 Å². The minimum Gasteiger partial charge on any atom is -0.378 e. The van der Waals surface area contributed by atoms with Crippen LogP contribution in [0.15, 0.2) is 60.7 Å². The van der Waals surface area contributed by atoms with Crippen LogP contribution < -0.4 is 5.32 Å². The van der Waals surface area contributed by atoms with Gasteiger partial charge in [-0.05, 0) is 36.5 Å². The molecule has 1 aromatic heterocycles. The molecule has 2 aromatic carbocycles. The molecule has 0 spiro atoms. The van der Waals surface area contributed by atoms with Crippen molar-refractivity contribution < 1.29 is 14.3 Å². The smallest absolute Gasteiger partial charge is 0.270 e. The van der Waals surface area contributed by atoms with Gasteiger partial charge in [-0.1, -0.05) is 62.4 Å². The molecule has 2 fully saturated rings. The maximum atomic E-state index is 14.3. The van der Waals surface area contributed by atoms with E-state index >= 15 is 0 Å². The van der Waals surface area contributed by atoms with Gasteiger partial charge in [0.1, 0.15) is 5.69 Å². The molecule has 7 nitrogen and oxygen atoms in total. The molecule has 0 saturated carbocycles. The van der Waals surface area contributed by atoms with Crippen molar-refractivity contribution in [2.75, 3.05) is 45.9 Å². The fourth-order valence-corrected chi connectivity index (χ4v) is 5.84. The molecule has 2 amide bonds. The lowest BCUT2D eigenvalue weighted by Crippen LogP contribution is -2.56. The molecule has 1 N–H and O–H groups in total. The van der Waals surface area contributed by atoms with E-state index in [-0.39, 0.29) is 23.8 Å². The number of nitrogens with zero attached hydrogens (tertiary/aromatic N) is 3. The highest BCUT2D eigenvalue weighted by atomic mass is 16.5. The highest BCUT2D eigenvalue weighted by Crippen LogP contribution is 2.26. The van der Waals surface area contributed by atoms with Crippen LogP contribution in [0.2, 0.25) is 0 Å². The van der Waals surface area contributed by atoms with Crippen LogP contribution in [0.3, 0.4) is 0 Å². The van der Waals surface area contributed by atoms with E-state index in [2.05, 4.69) is 60.1 Å². The second-order valence-electron chi connectivity index (χ2n) is 11.0. The Bertz CT molecular complexity index is 1230. The van der Waals surface area contributed by atoms with E-state index in [0.717, 1.165) is 29.6 Å². The molecule has 2 aliphatic rings. The number of piperidine rings is 1. The predicted octanol–water partition coefficient (Wildman–Crippen LogP) is 3.82. The first-order valence-corrected chi connectivity index (χ1v) is 14.0. The number of rotatable bonds is 8. The molecule has 3 heterocycles. The lowest BCUT2D eigenvalue weighted by molar-refractivity contribution is -0.140. The molecule has 0 radical (unpaired) electrons. The molecule has 0 unspecified atom stereocenters. The maximum Gasteiger partial charge on any atom is 0.270 e. The molecule has 5 rings (SSSR count). The number of ether oxygens (including phenoxy) is 1. The number of hydrogen-bond acceptors (Lipinski definition) is 4. The molecule has 2 aliphatic heterocycles. The number of hydrogen-bond donors (Lipinski definition) is 1. The van der Waals surface area contributed by atoms with Crippen LogP contribution in [0.1, 0.15) is 36.3 Å². The molecule has 202 valence electrons. The van der Waals surface area contributed by atoms with E-state index in [1.54, 1.807) is 0 Å². The van der Waals surface area contributed by atoms with Crippen LogP contribution in [0, 0.1) is 11.8 Å². The summed E-state index contributed by atoms with van der Waals surface area (Å²) in [5.74, 6) is 0.420. The molecule has 2 saturated heterocycles. The highest BCUT2D eigenvalue weighted by molar-refractivity contribution is 5.99. The van der Waals surface area contributed by atoms with Gasteiger partial charge in [0.25, 0.3) is 5.91 Å². The van der Waals surface area contributed by atoms with Gasteiger partial charge in [-0.25, -0.2) is 0 Å². The van der Waals surface area contributed by atoms with Crippen LogP contribution >= 0.6 is 0 Å². The Kier molecular flexibility index (Phi) is 8.45. The Morgan fingerprint density at radius 2 is 1.76 bits per heavy atom. The topological polar surface area (TPSA) is 66.8 Å². The zero-order valence-corrected chi connectivity index (χ0v) is 22.6. The Morgan fingerprint density at radius 1 is 1.03 bits per heavy atom. The Labute approximate surface area is 225 Å². The van der Waals surface area contributed by atoms with Crippen molar-refractivity contribution in [1.82, 2.24) is 19.7 Å². The van der Waals surface area contributed by atoms with Crippen molar-refractivity contribution in [3.05, 3.63) is 71.9 Å². The van der Waals surface area contributed by atoms with E-state index in [1.165, 1.54) is 5.56 Å². The fraction of sp³-hybridized carbons (Fsp3) is 0.484. The average Bonchev–Trinajstić information content (AvgIpc) is 3.33. The number of carbonyl (C=O) groups excluding carboxylic acids is 2. The molecule has 2 atom stereocenters. The molecule has 7 heteroatoms. The monoisotopic (exact) mass is 516 g/mol. The summed E-state index contributed by atoms with van der Waals surface area (Å²) in [6.45, 7) is 9.55. The van der Waals surface area contributed by atoms with Crippen LogP contribution in [0.4, 0.5) is 0 Å². The van der Waals surface area contributed by atoms with Gasteiger partial charge in [0.2, 0.25) is 5.91 Å². The zero-order valence-electron chi connectivity index (χ0n) is 22.6. The minimum atomic E-state index is -0.127. The van der Waals surface area contributed by atoms with Gasteiger partial charge in [-0.15, -0.1) is 0 Å². The predicted molar refractivity (Wildman–Crippen MR) is 150 cm³/mol. The zero-order chi connectivity index (χ0) is 26.5. The summed E-state index contributed by atoms with van der Waals surface area (Å²) >= 11 is 0. The third kappa shape index (κ3) is 5.94. The van der Waals surface area contributed by atoms with Gasteiger partial charge in [-0.2, -0.15) is 0 Å². The summed E-state index contributed by atoms with van der Waals surface area (Å²) in [5.41, 5.74) is 3.06. The first kappa shape index (κ1) is 26.4.